The van der Waals surface area contributed by atoms with Gasteiger partial charge in [0.25, 0.3) is 5.69 Å². The largest absolute Gasteiger partial charge is 0.480 e. The summed E-state index contributed by atoms with van der Waals surface area (Å²) in [5.74, 6) is -1.26. The van der Waals surface area contributed by atoms with Gasteiger partial charge in [0.15, 0.2) is 0 Å². The average Bonchev–Trinajstić information content (AvgIpc) is 2.16. The van der Waals surface area contributed by atoms with Crippen molar-refractivity contribution in [1.29, 1.82) is 0 Å². The SMILES string of the molecule is N[C@@H](C(=O)O)c1ccc(Cl)c([N+](=O)[O-])c1. The second kappa shape index (κ2) is 4.24. The molecule has 1 aromatic rings. The molecule has 80 valence electrons. The lowest BCUT2D eigenvalue weighted by Crippen LogP contribution is -2.20. The number of halogens is 1. The van der Waals surface area contributed by atoms with E-state index in [1.807, 2.05) is 0 Å². The van der Waals surface area contributed by atoms with E-state index < -0.39 is 16.9 Å². The quantitative estimate of drug-likeness (QED) is 0.602. The van der Waals surface area contributed by atoms with Crippen molar-refractivity contribution in [2.45, 2.75) is 6.04 Å². The molecule has 1 aromatic carbocycles. The van der Waals surface area contributed by atoms with Crippen molar-refractivity contribution in [2.24, 2.45) is 5.73 Å². The summed E-state index contributed by atoms with van der Waals surface area (Å²) in [5.41, 5.74) is 5.07. The third-order valence-electron chi connectivity index (χ3n) is 1.79. The van der Waals surface area contributed by atoms with Gasteiger partial charge >= 0.3 is 5.97 Å². The normalized spacial score (nSPS) is 12.1. The summed E-state index contributed by atoms with van der Waals surface area (Å²) in [7, 11) is 0. The molecule has 0 aromatic heterocycles. The van der Waals surface area contributed by atoms with Crippen LogP contribution >= 0.6 is 11.6 Å². The molecule has 0 spiro atoms. The highest BCUT2D eigenvalue weighted by Crippen LogP contribution is 2.27. The zero-order valence-corrected chi connectivity index (χ0v) is 8.14. The van der Waals surface area contributed by atoms with Crippen molar-refractivity contribution in [3.05, 3.63) is 38.9 Å². The van der Waals surface area contributed by atoms with E-state index in [2.05, 4.69) is 0 Å². The molecule has 6 nitrogen and oxygen atoms in total. The molecule has 0 aliphatic rings. The minimum atomic E-state index is -1.29. The third-order valence-corrected chi connectivity index (χ3v) is 2.11. The van der Waals surface area contributed by atoms with Crippen molar-refractivity contribution in [2.75, 3.05) is 0 Å². The van der Waals surface area contributed by atoms with E-state index in [-0.39, 0.29) is 16.3 Å². The number of nitrogens with two attached hydrogens (primary N) is 1. The second-order valence-corrected chi connectivity index (χ2v) is 3.19. The number of benzene rings is 1. The van der Waals surface area contributed by atoms with E-state index in [4.69, 9.17) is 22.4 Å². The molecule has 0 unspecified atom stereocenters. The van der Waals surface area contributed by atoms with E-state index in [0.717, 1.165) is 6.07 Å². The van der Waals surface area contributed by atoms with Crippen molar-refractivity contribution in [3.63, 3.8) is 0 Å². The van der Waals surface area contributed by atoms with Crippen LogP contribution in [0.15, 0.2) is 18.2 Å². The number of carboxylic acid groups (broad SMARTS) is 1. The molecule has 1 rings (SSSR count). The fourth-order valence-corrected chi connectivity index (χ4v) is 1.19. The van der Waals surface area contributed by atoms with Gasteiger partial charge in [-0.05, 0) is 11.6 Å². The third kappa shape index (κ3) is 2.42. The van der Waals surface area contributed by atoms with Gasteiger partial charge in [-0.15, -0.1) is 0 Å². The molecule has 0 radical (unpaired) electrons. The summed E-state index contributed by atoms with van der Waals surface area (Å²) >= 11 is 5.55. The monoisotopic (exact) mass is 230 g/mol. The van der Waals surface area contributed by atoms with Crippen LogP contribution in [0.2, 0.25) is 5.02 Å². The average molecular weight is 231 g/mol. The van der Waals surface area contributed by atoms with Crippen LogP contribution in [-0.2, 0) is 4.79 Å². The summed E-state index contributed by atoms with van der Waals surface area (Å²) in [5, 5.41) is 19.1. The zero-order chi connectivity index (χ0) is 11.6. The number of rotatable bonds is 3. The van der Waals surface area contributed by atoms with Gasteiger partial charge < -0.3 is 10.8 Å². The Hall–Kier alpha value is -1.66. The molecule has 0 bridgehead atoms. The fraction of sp³-hybridized carbons (Fsp3) is 0.125. The van der Waals surface area contributed by atoms with Gasteiger partial charge in [-0.3, -0.25) is 14.9 Å². The number of hydrogen-bond donors (Lipinski definition) is 2. The summed E-state index contributed by atoms with van der Waals surface area (Å²) < 4.78 is 0. The number of nitro benzene ring substituents is 1. The highest BCUT2D eigenvalue weighted by Gasteiger charge is 2.19. The lowest BCUT2D eigenvalue weighted by Gasteiger charge is -2.06. The summed E-state index contributed by atoms with van der Waals surface area (Å²) in [6.45, 7) is 0. The van der Waals surface area contributed by atoms with Crippen LogP contribution in [0.4, 0.5) is 5.69 Å². The number of carboxylic acids is 1. The van der Waals surface area contributed by atoms with Gasteiger partial charge in [0.2, 0.25) is 0 Å². The molecule has 0 saturated heterocycles. The first-order valence-corrected chi connectivity index (χ1v) is 4.23. The Morgan fingerprint density at radius 1 is 1.60 bits per heavy atom. The Kier molecular flexibility index (Phi) is 3.23. The van der Waals surface area contributed by atoms with Crippen molar-refractivity contribution in [3.8, 4) is 0 Å². The standard InChI is InChI=1S/C8H7ClN2O4/c9-5-2-1-4(7(10)8(12)13)3-6(5)11(14)15/h1-3,7H,10H2,(H,12,13)/t7-/m1/s1. The summed E-state index contributed by atoms with van der Waals surface area (Å²) in [6, 6.07) is 2.36. The Bertz CT molecular complexity index is 421. The van der Waals surface area contributed by atoms with Crippen LogP contribution < -0.4 is 5.73 Å². The first-order chi connectivity index (χ1) is 6.93. The number of nitro groups is 1. The predicted molar refractivity (Wildman–Crippen MR) is 52.7 cm³/mol. The topological polar surface area (TPSA) is 106 Å². The number of aliphatic carboxylic acids is 1. The predicted octanol–water partition coefficient (Wildman–Crippen LogP) is 1.33. The Labute approximate surface area is 89.4 Å². The van der Waals surface area contributed by atoms with Crippen LogP contribution in [0.3, 0.4) is 0 Å². The number of nitrogens with zero attached hydrogens (tertiary/aromatic N) is 1. The van der Waals surface area contributed by atoms with Crippen LogP contribution in [0.5, 0.6) is 0 Å². The van der Waals surface area contributed by atoms with Gasteiger partial charge in [0, 0.05) is 6.07 Å². The Morgan fingerprint density at radius 2 is 2.20 bits per heavy atom. The summed E-state index contributed by atoms with van der Waals surface area (Å²) in [4.78, 5) is 20.3. The minimum absolute atomic E-state index is 0.0543. The number of hydrogen-bond acceptors (Lipinski definition) is 4. The molecule has 0 amide bonds. The second-order valence-electron chi connectivity index (χ2n) is 2.78. The van der Waals surface area contributed by atoms with Crippen molar-refractivity contribution in [1.82, 2.24) is 0 Å². The van der Waals surface area contributed by atoms with Crippen molar-refractivity contribution >= 4 is 23.3 Å². The van der Waals surface area contributed by atoms with E-state index in [9.17, 15) is 14.9 Å². The summed E-state index contributed by atoms with van der Waals surface area (Å²) in [6.07, 6.45) is 0. The van der Waals surface area contributed by atoms with Crippen LogP contribution in [0.25, 0.3) is 0 Å². The van der Waals surface area contributed by atoms with Crippen LogP contribution in [0.1, 0.15) is 11.6 Å². The van der Waals surface area contributed by atoms with Gasteiger partial charge in [-0.25, -0.2) is 0 Å². The molecule has 1 atom stereocenters. The minimum Gasteiger partial charge on any atom is -0.480 e. The van der Waals surface area contributed by atoms with E-state index in [1.165, 1.54) is 12.1 Å². The van der Waals surface area contributed by atoms with Gasteiger partial charge in [-0.1, -0.05) is 17.7 Å². The van der Waals surface area contributed by atoms with E-state index in [0.29, 0.717) is 0 Å². The van der Waals surface area contributed by atoms with Crippen LogP contribution in [0, 0.1) is 10.1 Å². The first-order valence-electron chi connectivity index (χ1n) is 3.85. The molecular weight excluding hydrogens is 224 g/mol. The molecule has 0 aliphatic heterocycles. The van der Waals surface area contributed by atoms with Gasteiger partial charge in [0.05, 0.1) is 4.92 Å². The number of carbonyl (C=O) groups is 1. The molecule has 15 heavy (non-hydrogen) atoms. The molecular formula is C8H7ClN2O4. The lowest BCUT2D eigenvalue weighted by molar-refractivity contribution is -0.384. The smallest absolute Gasteiger partial charge is 0.325 e. The maximum absolute atomic E-state index is 10.5. The van der Waals surface area contributed by atoms with Crippen molar-refractivity contribution < 1.29 is 14.8 Å². The Balaban J connectivity index is 3.18. The molecule has 0 fully saturated rings. The molecule has 3 N–H and O–H groups in total. The Morgan fingerprint density at radius 3 is 2.67 bits per heavy atom. The zero-order valence-electron chi connectivity index (χ0n) is 7.38. The molecule has 0 saturated carbocycles. The molecule has 0 heterocycles. The maximum Gasteiger partial charge on any atom is 0.325 e. The highest BCUT2D eigenvalue weighted by molar-refractivity contribution is 6.32. The highest BCUT2D eigenvalue weighted by atomic mass is 35.5. The molecule has 0 aliphatic carbocycles. The lowest BCUT2D eigenvalue weighted by atomic mass is 10.1. The molecule has 7 heteroatoms. The van der Waals surface area contributed by atoms with E-state index >= 15 is 0 Å². The van der Waals surface area contributed by atoms with Gasteiger partial charge in [-0.2, -0.15) is 0 Å². The van der Waals surface area contributed by atoms with Gasteiger partial charge in [0.1, 0.15) is 11.1 Å². The van der Waals surface area contributed by atoms with E-state index in [1.54, 1.807) is 0 Å². The van der Waals surface area contributed by atoms with Crippen LogP contribution in [-0.4, -0.2) is 16.0 Å². The fourth-order valence-electron chi connectivity index (χ4n) is 1.01. The first kappa shape index (κ1) is 11.4. The maximum atomic E-state index is 10.5.